The maximum absolute atomic E-state index is 8.68. The molecule has 54 valence electrons. The highest BCUT2D eigenvalue weighted by Gasteiger charge is 2.26. The Labute approximate surface area is 54.3 Å². The Hall–Kier alpha value is -0.120. The van der Waals surface area contributed by atoms with Crippen molar-refractivity contribution in [1.82, 2.24) is 0 Å². The molecule has 0 amide bonds. The van der Waals surface area contributed by atoms with E-state index in [1.165, 1.54) is 0 Å². The number of aliphatic hydroxyl groups excluding tert-OH is 2. The zero-order valence-electron chi connectivity index (χ0n) is 5.29. The van der Waals surface area contributed by atoms with Gasteiger partial charge in [0.2, 0.25) is 0 Å². The molecule has 2 N–H and O–H groups in total. The van der Waals surface area contributed by atoms with Gasteiger partial charge in [0.1, 0.15) is 0 Å². The van der Waals surface area contributed by atoms with Crippen molar-refractivity contribution in [3.8, 4) is 0 Å². The zero-order chi connectivity index (χ0) is 6.69. The van der Waals surface area contributed by atoms with Crippen LogP contribution in [0.3, 0.4) is 0 Å². The molecule has 0 spiro atoms. The largest absolute Gasteiger partial charge is 0.396 e. The fourth-order valence-electron chi connectivity index (χ4n) is 1.10. The van der Waals surface area contributed by atoms with Crippen LogP contribution in [0.25, 0.3) is 0 Å². The molecule has 2 unspecified atom stereocenters. The van der Waals surface area contributed by atoms with Crippen molar-refractivity contribution in [1.29, 1.82) is 0 Å². The number of ether oxygens (including phenoxy) is 1. The summed E-state index contributed by atoms with van der Waals surface area (Å²) in [5.74, 6) is 0.162. The lowest BCUT2D eigenvalue weighted by molar-refractivity contribution is 0.0270. The molecule has 0 bridgehead atoms. The van der Waals surface area contributed by atoms with E-state index in [1.807, 2.05) is 0 Å². The van der Waals surface area contributed by atoms with E-state index in [-0.39, 0.29) is 25.2 Å². The number of rotatable bonds is 2. The summed E-state index contributed by atoms with van der Waals surface area (Å²) in [6.45, 7) is 0.840. The molecule has 9 heavy (non-hydrogen) atoms. The van der Waals surface area contributed by atoms with Crippen molar-refractivity contribution in [3.05, 3.63) is 0 Å². The van der Waals surface area contributed by atoms with Gasteiger partial charge < -0.3 is 14.9 Å². The van der Waals surface area contributed by atoms with Crippen LogP contribution in [0, 0.1) is 5.92 Å². The fourth-order valence-corrected chi connectivity index (χ4v) is 1.10. The van der Waals surface area contributed by atoms with Gasteiger partial charge in [-0.3, -0.25) is 0 Å². The van der Waals surface area contributed by atoms with Crippen molar-refractivity contribution in [2.24, 2.45) is 5.92 Å². The SMILES string of the molecule is OCC1CCOC1CO. The first-order valence-electron chi connectivity index (χ1n) is 3.21. The minimum absolute atomic E-state index is 0.0330. The van der Waals surface area contributed by atoms with Gasteiger partial charge in [-0.1, -0.05) is 0 Å². The second kappa shape index (κ2) is 3.15. The van der Waals surface area contributed by atoms with Crippen molar-refractivity contribution < 1.29 is 14.9 Å². The molecule has 1 fully saturated rings. The van der Waals surface area contributed by atoms with E-state index >= 15 is 0 Å². The molecule has 1 saturated heterocycles. The lowest BCUT2D eigenvalue weighted by Crippen LogP contribution is -2.22. The molecule has 1 heterocycles. The van der Waals surface area contributed by atoms with E-state index < -0.39 is 0 Å². The minimum Gasteiger partial charge on any atom is -0.396 e. The second-order valence-corrected chi connectivity index (χ2v) is 2.32. The van der Waals surface area contributed by atoms with Gasteiger partial charge in [-0.2, -0.15) is 0 Å². The highest BCUT2D eigenvalue weighted by Crippen LogP contribution is 2.19. The Kier molecular flexibility index (Phi) is 2.45. The van der Waals surface area contributed by atoms with E-state index in [9.17, 15) is 0 Å². The Morgan fingerprint density at radius 2 is 2.11 bits per heavy atom. The molecule has 1 aliphatic heterocycles. The van der Waals surface area contributed by atoms with Crippen molar-refractivity contribution in [3.63, 3.8) is 0 Å². The summed E-state index contributed by atoms with van der Waals surface area (Å²) < 4.78 is 5.10. The third-order valence-corrected chi connectivity index (χ3v) is 1.76. The van der Waals surface area contributed by atoms with Crippen LogP contribution in [0.5, 0.6) is 0 Å². The summed E-state index contributed by atoms with van der Waals surface area (Å²) >= 11 is 0. The van der Waals surface area contributed by atoms with E-state index in [4.69, 9.17) is 14.9 Å². The third-order valence-electron chi connectivity index (χ3n) is 1.76. The van der Waals surface area contributed by atoms with E-state index in [2.05, 4.69) is 0 Å². The minimum atomic E-state index is -0.116. The molecule has 0 radical (unpaired) electrons. The predicted molar refractivity (Wildman–Crippen MR) is 32.0 cm³/mol. The predicted octanol–water partition coefficient (Wildman–Crippen LogP) is -0.624. The number of aliphatic hydroxyl groups is 2. The average molecular weight is 132 g/mol. The Morgan fingerprint density at radius 1 is 1.33 bits per heavy atom. The molecule has 2 atom stereocenters. The van der Waals surface area contributed by atoms with Crippen LogP contribution in [0.4, 0.5) is 0 Å². The van der Waals surface area contributed by atoms with Gasteiger partial charge in [0.15, 0.2) is 0 Å². The normalized spacial score (nSPS) is 35.3. The highest BCUT2D eigenvalue weighted by molar-refractivity contribution is 4.74. The number of hydrogen-bond acceptors (Lipinski definition) is 3. The maximum atomic E-state index is 8.68. The van der Waals surface area contributed by atoms with Gasteiger partial charge in [0.05, 0.1) is 12.7 Å². The molecule has 1 aliphatic rings. The van der Waals surface area contributed by atoms with Gasteiger partial charge in [0.25, 0.3) is 0 Å². The van der Waals surface area contributed by atoms with Crippen molar-refractivity contribution in [2.75, 3.05) is 19.8 Å². The van der Waals surface area contributed by atoms with Crippen LogP contribution < -0.4 is 0 Å². The standard InChI is InChI=1S/C6H12O3/c7-3-5-1-2-9-6(5)4-8/h5-8H,1-4H2. The molecule has 3 nitrogen and oxygen atoms in total. The van der Waals surface area contributed by atoms with Crippen LogP contribution in [-0.2, 0) is 4.74 Å². The van der Waals surface area contributed by atoms with Crippen LogP contribution in [0.15, 0.2) is 0 Å². The van der Waals surface area contributed by atoms with Crippen molar-refractivity contribution in [2.45, 2.75) is 12.5 Å². The van der Waals surface area contributed by atoms with Crippen LogP contribution in [-0.4, -0.2) is 36.1 Å². The molecule has 0 aromatic rings. The number of hydrogen-bond donors (Lipinski definition) is 2. The third kappa shape index (κ3) is 1.41. The zero-order valence-corrected chi connectivity index (χ0v) is 5.29. The van der Waals surface area contributed by atoms with Gasteiger partial charge in [0, 0.05) is 19.1 Å². The Morgan fingerprint density at radius 3 is 2.56 bits per heavy atom. The fraction of sp³-hybridized carbons (Fsp3) is 1.00. The summed E-state index contributed by atoms with van der Waals surface area (Å²) in [5, 5.41) is 17.3. The molecular formula is C6H12O3. The van der Waals surface area contributed by atoms with Gasteiger partial charge in [-0.25, -0.2) is 0 Å². The van der Waals surface area contributed by atoms with E-state index in [0.717, 1.165) is 6.42 Å². The van der Waals surface area contributed by atoms with Gasteiger partial charge in [-0.05, 0) is 6.42 Å². The molecule has 0 aromatic heterocycles. The molecule has 3 heteroatoms. The Balaban J connectivity index is 2.32. The van der Waals surface area contributed by atoms with Crippen LogP contribution in [0.1, 0.15) is 6.42 Å². The summed E-state index contributed by atoms with van der Waals surface area (Å²) in [7, 11) is 0. The Bertz CT molecular complexity index is 74.4. The van der Waals surface area contributed by atoms with Crippen LogP contribution >= 0.6 is 0 Å². The maximum Gasteiger partial charge on any atom is 0.0856 e. The first-order chi connectivity index (χ1) is 4.38. The quantitative estimate of drug-likeness (QED) is 0.526. The molecular weight excluding hydrogens is 120 g/mol. The summed E-state index contributed by atoms with van der Waals surface area (Å²) in [6, 6.07) is 0. The summed E-state index contributed by atoms with van der Waals surface area (Å²) in [6.07, 6.45) is 0.761. The molecule has 1 rings (SSSR count). The van der Waals surface area contributed by atoms with Gasteiger partial charge in [-0.15, -0.1) is 0 Å². The topological polar surface area (TPSA) is 49.7 Å². The molecule has 0 aromatic carbocycles. The highest BCUT2D eigenvalue weighted by atomic mass is 16.5. The average Bonchev–Trinajstić information content (AvgIpc) is 2.33. The lowest BCUT2D eigenvalue weighted by atomic mass is 10.0. The second-order valence-electron chi connectivity index (χ2n) is 2.32. The molecule has 0 aliphatic carbocycles. The smallest absolute Gasteiger partial charge is 0.0856 e. The summed E-state index contributed by atoms with van der Waals surface area (Å²) in [5.41, 5.74) is 0. The lowest BCUT2D eigenvalue weighted by Gasteiger charge is -2.11. The monoisotopic (exact) mass is 132 g/mol. The first-order valence-corrected chi connectivity index (χ1v) is 3.21. The van der Waals surface area contributed by atoms with Crippen LogP contribution in [0.2, 0.25) is 0 Å². The van der Waals surface area contributed by atoms with E-state index in [0.29, 0.717) is 6.61 Å². The first kappa shape index (κ1) is 6.99. The van der Waals surface area contributed by atoms with Gasteiger partial charge >= 0.3 is 0 Å². The molecule has 0 saturated carbocycles. The van der Waals surface area contributed by atoms with Crippen molar-refractivity contribution >= 4 is 0 Å². The summed E-state index contributed by atoms with van der Waals surface area (Å²) in [4.78, 5) is 0. The van der Waals surface area contributed by atoms with E-state index in [1.54, 1.807) is 0 Å².